The second-order valence-corrected chi connectivity index (χ2v) is 6.62. The van der Waals surface area contributed by atoms with Crippen LogP contribution in [-0.2, 0) is 9.59 Å². The number of hydrogen-bond acceptors (Lipinski definition) is 3. The van der Waals surface area contributed by atoms with Gasteiger partial charge in [-0.1, -0.05) is 30.3 Å². The van der Waals surface area contributed by atoms with Crippen molar-refractivity contribution in [3.05, 3.63) is 101 Å². The van der Waals surface area contributed by atoms with Crippen LogP contribution in [0.3, 0.4) is 0 Å². The Kier molecular flexibility index (Phi) is 4.68. The number of hydrogen-bond donors (Lipinski definition) is 1. The number of nitrogens with zero attached hydrogens (tertiary/aromatic N) is 1. The molecule has 4 nitrogen and oxygen atoms in total. The average molecular weight is 390 g/mol. The van der Waals surface area contributed by atoms with Gasteiger partial charge in [-0.05, 0) is 60.5 Å². The van der Waals surface area contributed by atoms with Gasteiger partial charge < -0.3 is 5.32 Å². The number of imide groups is 1. The topological polar surface area (TPSA) is 49.4 Å². The van der Waals surface area contributed by atoms with Gasteiger partial charge in [0.2, 0.25) is 0 Å². The highest BCUT2D eigenvalue weighted by molar-refractivity contribution is 6.46. The number of carbonyl (C=O) groups is 2. The molecule has 1 aliphatic rings. The minimum absolute atomic E-state index is 0.0523. The lowest BCUT2D eigenvalue weighted by atomic mass is 10.0. The molecule has 1 aliphatic heterocycles. The van der Waals surface area contributed by atoms with E-state index in [0.717, 1.165) is 10.5 Å². The molecule has 6 heteroatoms. The number of carbonyl (C=O) groups excluding carboxylic acids is 2. The maximum absolute atomic E-state index is 13.4. The molecule has 0 saturated heterocycles. The Morgan fingerprint density at radius 2 is 1.34 bits per heavy atom. The van der Waals surface area contributed by atoms with Crippen molar-refractivity contribution < 1.29 is 18.4 Å². The fourth-order valence-electron chi connectivity index (χ4n) is 3.24. The first-order chi connectivity index (χ1) is 14.0. The van der Waals surface area contributed by atoms with Gasteiger partial charge in [0.15, 0.2) is 0 Å². The van der Waals surface area contributed by atoms with Crippen LogP contribution in [0.25, 0.3) is 5.57 Å². The third-order valence-corrected chi connectivity index (χ3v) is 4.69. The molecule has 29 heavy (non-hydrogen) atoms. The van der Waals surface area contributed by atoms with Crippen molar-refractivity contribution in [1.82, 2.24) is 0 Å². The first kappa shape index (κ1) is 18.6. The Hall–Kier alpha value is -3.80. The fourth-order valence-corrected chi connectivity index (χ4v) is 3.24. The van der Waals surface area contributed by atoms with Gasteiger partial charge in [-0.25, -0.2) is 13.7 Å². The van der Waals surface area contributed by atoms with Gasteiger partial charge in [0.25, 0.3) is 11.8 Å². The molecule has 1 heterocycles. The van der Waals surface area contributed by atoms with Crippen molar-refractivity contribution in [2.45, 2.75) is 6.92 Å². The zero-order valence-corrected chi connectivity index (χ0v) is 15.4. The molecule has 0 aliphatic carbocycles. The third-order valence-electron chi connectivity index (χ3n) is 4.69. The van der Waals surface area contributed by atoms with Crippen LogP contribution in [0.5, 0.6) is 0 Å². The molecular weight excluding hydrogens is 374 g/mol. The van der Waals surface area contributed by atoms with E-state index >= 15 is 0 Å². The van der Waals surface area contributed by atoms with Crippen molar-refractivity contribution in [2.24, 2.45) is 0 Å². The molecule has 2 amide bonds. The molecule has 0 fully saturated rings. The van der Waals surface area contributed by atoms with E-state index in [0.29, 0.717) is 16.9 Å². The van der Waals surface area contributed by atoms with E-state index in [-0.39, 0.29) is 11.3 Å². The van der Waals surface area contributed by atoms with E-state index in [4.69, 9.17) is 0 Å². The normalized spacial score (nSPS) is 14.0. The second-order valence-electron chi connectivity index (χ2n) is 6.62. The molecule has 0 aromatic heterocycles. The Labute approximate surface area is 166 Å². The lowest BCUT2D eigenvalue weighted by Gasteiger charge is -2.17. The van der Waals surface area contributed by atoms with E-state index in [9.17, 15) is 18.4 Å². The summed E-state index contributed by atoms with van der Waals surface area (Å²) in [5, 5.41) is 2.94. The minimum atomic E-state index is -0.534. The number of amides is 2. The monoisotopic (exact) mass is 390 g/mol. The quantitative estimate of drug-likeness (QED) is 0.659. The van der Waals surface area contributed by atoms with E-state index in [1.165, 1.54) is 48.5 Å². The van der Waals surface area contributed by atoms with Crippen molar-refractivity contribution in [2.75, 3.05) is 10.2 Å². The number of anilines is 2. The molecule has 0 saturated carbocycles. The molecule has 0 atom stereocenters. The molecule has 3 aromatic carbocycles. The Bertz CT molecular complexity index is 1140. The first-order valence-corrected chi connectivity index (χ1v) is 8.93. The van der Waals surface area contributed by atoms with Crippen LogP contribution in [0.4, 0.5) is 20.2 Å². The molecule has 3 aromatic rings. The lowest BCUT2D eigenvalue weighted by Crippen LogP contribution is -2.33. The highest BCUT2D eigenvalue weighted by Gasteiger charge is 2.40. The van der Waals surface area contributed by atoms with E-state index in [2.05, 4.69) is 5.32 Å². The summed E-state index contributed by atoms with van der Waals surface area (Å²) in [7, 11) is 0. The largest absolute Gasteiger partial charge is 0.350 e. The van der Waals surface area contributed by atoms with Gasteiger partial charge in [-0.2, -0.15) is 0 Å². The van der Waals surface area contributed by atoms with Gasteiger partial charge >= 0.3 is 0 Å². The molecular formula is C23H16F2N2O2. The Balaban J connectivity index is 1.83. The summed E-state index contributed by atoms with van der Waals surface area (Å²) in [6, 6.07) is 17.8. The van der Waals surface area contributed by atoms with Gasteiger partial charge in [0.05, 0.1) is 11.3 Å². The Morgan fingerprint density at radius 3 is 1.97 bits per heavy atom. The predicted molar refractivity (Wildman–Crippen MR) is 107 cm³/mol. The van der Waals surface area contributed by atoms with Gasteiger partial charge in [0.1, 0.15) is 17.3 Å². The SMILES string of the molecule is Cc1ccccc1N1C(=O)C(Nc2ccc(F)cc2)=C(c2ccc(F)cc2)C1=O. The average Bonchev–Trinajstić information content (AvgIpc) is 2.95. The Morgan fingerprint density at radius 1 is 0.759 bits per heavy atom. The van der Waals surface area contributed by atoms with Crippen LogP contribution in [0.15, 0.2) is 78.5 Å². The lowest BCUT2D eigenvalue weighted by molar-refractivity contribution is -0.120. The summed E-state index contributed by atoms with van der Waals surface area (Å²) >= 11 is 0. The van der Waals surface area contributed by atoms with Crippen LogP contribution in [0.1, 0.15) is 11.1 Å². The van der Waals surface area contributed by atoms with Crippen LogP contribution >= 0.6 is 0 Å². The minimum Gasteiger partial charge on any atom is -0.350 e. The van der Waals surface area contributed by atoms with Gasteiger partial charge in [-0.3, -0.25) is 9.59 Å². The predicted octanol–water partition coefficient (Wildman–Crippen LogP) is 4.67. The molecule has 144 valence electrons. The molecule has 0 radical (unpaired) electrons. The summed E-state index contributed by atoms with van der Waals surface area (Å²) in [6.07, 6.45) is 0. The summed E-state index contributed by atoms with van der Waals surface area (Å²) in [6.45, 7) is 1.80. The first-order valence-electron chi connectivity index (χ1n) is 8.93. The summed E-state index contributed by atoms with van der Waals surface area (Å²) in [5.41, 5.74) is 2.27. The third kappa shape index (κ3) is 3.40. The molecule has 1 N–H and O–H groups in total. The van der Waals surface area contributed by atoms with Crippen molar-refractivity contribution in [1.29, 1.82) is 0 Å². The van der Waals surface area contributed by atoms with Gasteiger partial charge in [-0.15, -0.1) is 0 Å². The molecule has 0 spiro atoms. The zero-order chi connectivity index (χ0) is 20.5. The number of rotatable bonds is 4. The molecule has 0 bridgehead atoms. The number of para-hydroxylation sites is 1. The maximum atomic E-state index is 13.4. The van der Waals surface area contributed by atoms with Crippen molar-refractivity contribution in [3.8, 4) is 0 Å². The highest BCUT2D eigenvalue weighted by Crippen LogP contribution is 2.35. The maximum Gasteiger partial charge on any atom is 0.282 e. The van der Waals surface area contributed by atoms with Crippen molar-refractivity contribution in [3.63, 3.8) is 0 Å². The van der Waals surface area contributed by atoms with Crippen LogP contribution in [0, 0.1) is 18.6 Å². The number of nitrogens with one attached hydrogen (secondary N) is 1. The second kappa shape index (κ2) is 7.31. The zero-order valence-electron chi connectivity index (χ0n) is 15.4. The standard InChI is InChI=1S/C23H16F2N2O2/c1-14-4-2-3-5-19(14)27-22(28)20(15-6-8-16(24)9-7-15)21(23(27)29)26-18-12-10-17(25)11-13-18/h2-13,26H,1H3. The smallest absolute Gasteiger partial charge is 0.282 e. The van der Waals surface area contributed by atoms with E-state index in [1.54, 1.807) is 25.1 Å². The van der Waals surface area contributed by atoms with E-state index < -0.39 is 23.4 Å². The highest BCUT2D eigenvalue weighted by atomic mass is 19.1. The number of aryl methyl sites for hydroxylation is 1. The van der Waals surface area contributed by atoms with Crippen LogP contribution < -0.4 is 10.2 Å². The summed E-state index contributed by atoms with van der Waals surface area (Å²) in [4.78, 5) is 27.6. The van der Waals surface area contributed by atoms with Crippen molar-refractivity contribution >= 4 is 28.8 Å². The fraction of sp³-hybridized carbons (Fsp3) is 0.0435. The summed E-state index contributed by atoms with van der Waals surface area (Å²) in [5.74, 6) is -1.91. The molecule has 4 rings (SSSR count). The van der Waals surface area contributed by atoms with Crippen LogP contribution in [0.2, 0.25) is 0 Å². The molecule has 0 unspecified atom stereocenters. The van der Waals surface area contributed by atoms with Gasteiger partial charge in [0, 0.05) is 5.69 Å². The number of halogens is 2. The van der Waals surface area contributed by atoms with Crippen LogP contribution in [-0.4, -0.2) is 11.8 Å². The van der Waals surface area contributed by atoms with E-state index in [1.807, 2.05) is 6.07 Å². The number of benzene rings is 3. The summed E-state index contributed by atoms with van der Waals surface area (Å²) < 4.78 is 26.6.